The van der Waals surface area contributed by atoms with E-state index in [9.17, 15) is 4.79 Å². The predicted molar refractivity (Wildman–Crippen MR) is 208 cm³/mol. The molecule has 1 aromatic carbocycles. The van der Waals surface area contributed by atoms with Crippen molar-refractivity contribution in [2.75, 3.05) is 76.8 Å². The summed E-state index contributed by atoms with van der Waals surface area (Å²) in [5.41, 5.74) is 8.33. The summed E-state index contributed by atoms with van der Waals surface area (Å²) in [6.07, 6.45) is 9.36. The molecule has 2 atom stereocenters. The highest BCUT2D eigenvalue weighted by Crippen LogP contribution is 2.34. The second-order valence-electron chi connectivity index (χ2n) is 14.7. The smallest absolute Gasteiger partial charge is 0.292 e. The molecule has 0 spiro atoms. The van der Waals surface area contributed by atoms with E-state index < -0.39 is 0 Å². The minimum atomic E-state index is 0.305. The molecule has 52 heavy (non-hydrogen) atoms. The molecule has 3 aliphatic heterocycles. The van der Waals surface area contributed by atoms with Crippen LogP contribution in [0.4, 0.5) is 11.5 Å². The Morgan fingerprint density at radius 1 is 1.04 bits per heavy atom. The fourth-order valence-corrected chi connectivity index (χ4v) is 7.97. The number of unbranched alkanes of at least 4 members (excludes halogenated alkanes) is 1. The van der Waals surface area contributed by atoms with Crippen molar-refractivity contribution < 1.29 is 19.1 Å². The minimum absolute atomic E-state index is 0.305. The monoisotopic (exact) mass is 715 g/mol. The second kappa shape index (κ2) is 19.1. The largest absolute Gasteiger partial charge is 0.496 e. The molecule has 11 nitrogen and oxygen atoms in total. The first-order chi connectivity index (χ1) is 25.3. The lowest BCUT2D eigenvalue weighted by molar-refractivity contribution is -0.131. The van der Waals surface area contributed by atoms with Crippen LogP contribution in [0.5, 0.6) is 5.75 Å². The van der Waals surface area contributed by atoms with Crippen LogP contribution in [0.3, 0.4) is 0 Å². The number of likely N-dealkylation sites (tertiary alicyclic amines) is 1. The number of nitrogens with one attached hydrogen (secondary N) is 1. The SMILES string of the molecule is CCCCC(=O)N1CCN(c2cc(C(CC)CN3CCC(CCc4cc(OC)c5c(n4)NCCC5)C3)cc(-n3nc(C)cc3C)c2)CC1.COC=O. The molecule has 3 aromatic rings. The van der Waals surface area contributed by atoms with Gasteiger partial charge in [-0.1, -0.05) is 20.3 Å². The van der Waals surface area contributed by atoms with E-state index >= 15 is 0 Å². The van der Waals surface area contributed by atoms with Gasteiger partial charge < -0.3 is 29.5 Å². The van der Waals surface area contributed by atoms with Crippen molar-refractivity contribution in [3.63, 3.8) is 0 Å². The molecule has 2 fully saturated rings. The van der Waals surface area contributed by atoms with Crippen LogP contribution >= 0.6 is 0 Å². The number of piperazine rings is 1. The Morgan fingerprint density at radius 3 is 2.48 bits per heavy atom. The van der Waals surface area contributed by atoms with Crippen LogP contribution in [0.1, 0.15) is 92.9 Å². The van der Waals surface area contributed by atoms with Crippen molar-refractivity contribution in [2.24, 2.45) is 5.92 Å². The Kier molecular flexibility index (Phi) is 14.4. The minimum Gasteiger partial charge on any atom is -0.496 e. The third-order valence-electron chi connectivity index (χ3n) is 10.9. The molecule has 0 aliphatic carbocycles. The molecule has 5 heterocycles. The number of pyridine rings is 1. The maximum Gasteiger partial charge on any atom is 0.292 e. The van der Waals surface area contributed by atoms with E-state index in [0.29, 0.717) is 30.6 Å². The first kappa shape index (κ1) is 39.1. The Labute approximate surface area is 311 Å². The number of nitrogens with zero attached hydrogens (tertiary/aromatic N) is 6. The number of rotatable bonds is 14. The number of aromatic nitrogens is 3. The van der Waals surface area contributed by atoms with Gasteiger partial charge in [0.1, 0.15) is 11.6 Å². The molecule has 3 aliphatic rings. The summed E-state index contributed by atoms with van der Waals surface area (Å²) in [6, 6.07) is 11.4. The zero-order chi connectivity index (χ0) is 37.0. The van der Waals surface area contributed by atoms with E-state index in [1.165, 1.54) is 30.3 Å². The van der Waals surface area contributed by atoms with Gasteiger partial charge in [-0.15, -0.1) is 0 Å². The van der Waals surface area contributed by atoms with Crippen molar-refractivity contribution in [1.82, 2.24) is 24.6 Å². The third kappa shape index (κ3) is 10.1. The zero-order valence-corrected chi connectivity index (χ0v) is 32.5. The number of aryl methyl sites for hydroxylation is 3. The Hall–Kier alpha value is -4.12. The lowest BCUT2D eigenvalue weighted by Crippen LogP contribution is -2.48. The maximum atomic E-state index is 12.7. The summed E-state index contributed by atoms with van der Waals surface area (Å²) in [7, 11) is 3.09. The van der Waals surface area contributed by atoms with Crippen molar-refractivity contribution in [2.45, 2.75) is 91.4 Å². The number of methoxy groups -OCH3 is 2. The van der Waals surface area contributed by atoms with Gasteiger partial charge in [-0.05, 0) is 107 Å². The lowest BCUT2D eigenvalue weighted by atomic mass is 9.94. The van der Waals surface area contributed by atoms with Gasteiger partial charge in [0, 0.05) is 80.9 Å². The number of carbonyl (C=O) groups excluding carboxylic acids is 2. The molecular formula is C41H61N7O4. The van der Waals surface area contributed by atoms with E-state index in [2.05, 4.69) is 87.5 Å². The average Bonchev–Trinajstić information content (AvgIpc) is 3.78. The number of hydrogen-bond donors (Lipinski definition) is 1. The molecule has 284 valence electrons. The van der Waals surface area contributed by atoms with Crippen LogP contribution in [0.25, 0.3) is 5.69 Å². The van der Waals surface area contributed by atoms with Crippen molar-refractivity contribution in [3.05, 3.63) is 58.5 Å². The van der Waals surface area contributed by atoms with E-state index in [1.807, 2.05) is 0 Å². The van der Waals surface area contributed by atoms with Gasteiger partial charge in [-0.3, -0.25) is 9.59 Å². The van der Waals surface area contributed by atoms with Gasteiger partial charge >= 0.3 is 0 Å². The lowest BCUT2D eigenvalue weighted by Gasteiger charge is -2.37. The average molecular weight is 716 g/mol. The summed E-state index contributed by atoms with van der Waals surface area (Å²) >= 11 is 0. The fraction of sp³-hybridized carbons (Fsp3) is 0.610. The Morgan fingerprint density at radius 2 is 1.81 bits per heavy atom. The Balaban J connectivity index is 0.00000124. The van der Waals surface area contributed by atoms with E-state index in [4.69, 9.17) is 19.6 Å². The van der Waals surface area contributed by atoms with Crippen LogP contribution in [-0.2, 0) is 27.2 Å². The van der Waals surface area contributed by atoms with E-state index in [1.54, 1.807) is 7.11 Å². The number of amides is 1. The Bertz CT molecular complexity index is 1600. The second-order valence-corrected chi connectivity index (χ2v) is 14.7. The van der Waals surface area contributed by atoms with Crippen LogP contribution in [0.2, 0.25) is 0 Å². The van der Waals surface area contributed by atoms with Gasteiger partial charge in [0.25, 0.3) is 6.47 Å². The van der Waals surface area contributed by atoms with Crippen molar-refractivity contribution in [3.8, 4) is 11.4 Å². The van der Waals surface area contributed by atoms with Crippen LogP contribution in [0.15, 0.2) is 30.3 Å². The summed E-state index contributed by atoms with van der Waals surface area (Å²) in [4.78, 5) is 33.9. The highest BCUT2D eigenvalue weighted by atomic mass is 16.5. The first-order valence-corrected chi connectivity index (χ1v) is 19.5. The summed E-state index contributed by atoms with van der Waals surface area (Å²) in [5.74, 6) is 3.45. The quantitative estimate of drug-likeness (QED) is 0.192. The zero-order valence-electron chi connectivity index (χ0n) is 32.5. The van der Waals surface area contributed by atoms with Crippen molar-refractivity contribution >= 4 is 23.9 Å². The standard InChI is InChI=1S/C39H57N7O2.C2H4O2/c1-6-8-11-38(47)45-19-17-44(18-20-45)34-22-32(23-35(25-34)46-29(4)21-28(3)42-46)31(7-2)27-43-16-14-30(26-43)12-13-33-24-37(48-5)36-10-9-15-40-39(36)41-33;1-4-2-3/h21-25,30-31H,6-20,26-27H2,1-5H3,(H,40,41);2H,1H3. The molecule has 11 heteroatoms. The van der Waals surface area contributed by atoms with E-state index in [0.717, 1.165) is 132 Å². The summed E-state index contributed by atoms with van der Waals surface area (Å²) < 4.78 is 11.7. The number of fused-ring (bicyclic) bond motifs is 1. The molecule has 2 aromatic heterocycles. The third-order valence-corrected chi connectivity index (χ3v) is 10.9. The van der Waals surface area contributed by atoms with Crippen LogP contribution < -0.4 is 15.0 Å². The predicted octanol–water partition coefficient (Wildman–Crippen LogP) is 6.33. The fourth-order valence-electron chi connectivity index (χ4n) is 7.97. The number of ether oxygens (including phenoxy) is 2. The maximum absolute atomic E-state index is 12.7. The molecule has 0 radical (unpaired) electrons. The number of benzene rings is 1. The molecular weight excluding hydrogens is 654 g/mol. The van der Waals surface area contributed by atoms with E-state index in [-0.39, 0.29) is 0 Å². The van der Waals surface area contributed by atoms with Gasteiger partial charge in [0.15, 0.2) is 0 Å². The molecule has 6 rings (SSSR count). The number of hydrogen-bond acceptors (Lipinski definition) is 9. The topological polar surface area (TPSA) is 105 Å². The summed E-state index contributed by atoms with van der Waals surface area (Å²) in [6.45, 7) is 16.7. The van der Waals surface area contributed by atoms with Gasteiger partial charge in [-0.2, -0.15) is 5.10 Å². The van der Waals surface area contributed by atoms with Gasteiger partial charge in [-0.25, -0.2) is 9.67 Å². The first-order valence-electron chi connectivity index (χ1n) is 19.5. The molecule has 2 saturated heterocycles. The molecule has 2 unspecified atom stereocenters. The van der Waals surface area contributed by atoms with Crippen molar-refractivity contribution in [1.29, 1.82) is 0 Å². The highest BCUT2D eigenvalue weighted by molar-refractivity contribution is 5.76. The normalized spacial score (nSPS) is 17.8. The number of anilines is 2. The van der Waals surface area contributed by atoms with Gasteiger partial charge in [0.05, 0.1) is 25.6 Å². The molecule has 1 amide bonds. The highest BCUT2D eigenvalue weighted by Gasteiger charge is 2.27. The van der Waals surface area contributed by atoms with Gasteiger partial charge in [0.2, 0.25) is 5.91 Å². The van der Waals surface area contributed by atoms with Crippen LogP contribution in [0, 0.1) is 19.8 Å². The molecule has 0 bridgehead atoms. The number of carbonyl (C=O) groups is 2. The van der Waals surface area contributed by atoms with Crippen LogP contribution in [-0.4, -0.2) is 104 Å². The summed E-state index contributed by atoms with van der Waals surface area (Å²) in [5, 5.41) is 8.36. The molecule has 1 N–H and O–H groups in total. The molecule has 0 saturated carbocycles.